The number of carbonyl (C=O) groups is 1. The second-order valence-electron chi connectivity index (χ2n) is 4.12. The number of amides is 1. The molecule has 0 aliphatic rings. The van der Waals surface area contributed by atoms with Crippen molar-refractivity contribution in [3.63, 3.8) is 0 Å². The van der Waals surface area contributed by atoms with Crippen LogP contribution in [0.1, 0.15) is 36.9 Å². The maximum atomic E-state index is 13.3. The summed E-state index contributed by atoms with van der Waals surface area (Å²) in [4.78, 5) is 11.4. The first kappa shape index (κ1) is 13.6. The molecule has 0 heterocycles. The summed E-state index contributed by atoms with van der Waals surface area (Å²) in [5.41, 5.74) is 1.33. The molecule has 0 fully saturated rings. The van der Waals surface area contributed by atoms with Crippen molar-refractivity contribution in [1.29, 1.82) is 0 Å². The zero-order valence-electron chi connectivity index (χ0n) is 10.2. The number of hydrogen-bond donors (Lipinski definition) is 2. The van der Waals surface area contributed by atoms with E-state index in [1.807, 2.05) is 0 Å². The van der Waals surface area contributed by atoms with E-state index < -0.39 is 0 Å². The molecule has 94 valence electrons. The van der Waals surface area contributed by atoms with Gasteiger partial charge in [-0.15, -0.1) is 0 Å². The zero-order chi connectivity index (χ0) is 12.8. The van der Waals surface area contributed by atoms with E-state index in [4.69, 9.17) is 5.11 Å². The van der Waals surface area contributed by atoms with Gasteiger partial charge < -0.3 is 10.4 Å². The van der Waals surface area contributed by atoms with Gasteiger partial charge in [0.1, 0.15) is 5.82 Å². The fourth-order valence-electron chi connectivity index (χ4n) is 1.52. The lowest BCUT2D eigenvalue weighted by molar-refractivity contribution is -0.122. The van der Waals surface area contributed by atoms with Crippen LogP contribution >= 0.6 is 0 Å². The molecule has 0 saturated carbocycles. The van der Waals surface area contributed by atoms with E-state index in [9.17, 15) is 9.18 Å². The third-order valence-corrected chi connectivity index (χ3v) is 2.64. The van der Waals surface area contributed by atoms with Crippen LogP contribution in [-0.4, -0.2) is 17.6 Å². The third-order valence-electron chi connectivity index (χ3n) is 2.64. The third kappa shape index (κ3) is 4.15. The Kier molecular flexibility index (Phi) is 5.10. The highest BCUT2D eigenvalue weighted by Crippen LogP contribution is 2.16. The lowest BCUT2D eigenvalue weighted by Gasteiger charge is -2.14. The highest BCUT2D eigenvalue weighted by molar-refractivity contribution is 5.76. The van der Waals surface area contributed by atoms with Gasteiger partial charge in [-0.25, -0.2) is 4.39 Å². The molecule has 0 radical (unpaired) electrons. The second kappa shape index (κ2) is 6.35. The minimum atomic E-state index is -0.265. The van der Waals surface area contributed by atoms with Crippen LogP contribution in [0.4, 0.5) is 4.39 Å². The summed E-state index contributed by atoms with van der Waals surface area (Å²) in [6, 6.07) is 4.71. The number of aliphatic hydroxyl groups is 1. The molecule has 0 aliphatic heterocycles. The predicted octanol–water partition coefficient (Wildman–Crippen LogP) is 2.08. The number of aryl methyl sites for hydroxylation is 1. The monoisotopic (exact) mass is 239 g/mol. The smallest absolute Gasteiger partial charge is 0.220 e. The van der Waals surface area contributed by atoms with Crippen LogP contribution in [0.25, 0.3) is 0 Å². The Balaban J connectivity index is 2.60. The van der Waals surface area contributed by atoms with Crippen LogP contribution < -0.4 is 5.32 Å². The maximum absolute atomic E-state index is 13.3. The Labute approximate surface area is 101 Å². The Morgan fingerprint density at radius 1 is 1.53 bits per heavy atom. The largest absolute Gasteiger partial charge is 0.396 e. The lowest BCUT2D eigenvalue weighted by atomic mass is 10.1. The highest BCUT2D eigenvalue weighted by atomic mass is 19.1. The van der Waals surface area contributed by atoms with Crippen LogP contribution in [0.15, 0.2) is 18.2 Å². The van der Waals surface area contributed by atoms with Crippen LogP contribution in [0.5, 0.6) is 0 Å². The molecule has 1 aromatic rings. The summed E-state index contributed by atoms with van der Waals surface area (Å²) in [5, 5.41) is 11.4. The van der Waals surface area contributed by atoms with Crippen LogP contribution in [0, 0.1) is 12.7 Å². The molecule has 3 nitrogen and oxygen atoms in total. The number of nitrogens with one attached hydrogen (secondary N) is 1. The van der Waals surface area contributed by atoms with Crippen molar-refractivity contribution in [3.8, 4) is 0 Å². The fraction of sp³-hybridized carbons (Fsp3) is 0.462. The van der Waals surface area contributed by atoms with E-state index in [-0.39, 0.29) is 30.8 Å². The number of carbonyl (C=O) groups excluding carboxylic acids is 1. The van der Waals surface area contributed by atoms with Gasteiger partial charge in [-0.05, 0) is 37.5 Å². The second-order valence-corrected chi connectivity index (χ2v) is 4.12. The van der Waals surface area contributed by atoms with Crippen molar-refractivity contribution in [2.24, 2.45) is 0 Å². The maximum Gasteiger partial charge on any atom is 0.220 e. The molecule has 0 bridgehead atoms. The molecule has 1 amide bonds. The van der Waals surface area contributed by atoms with Gasteiger partial charge >= 0.3 is 0 Å². The van der Waals surface area contributed by atoms with E-state index in [2.05, 4.69) is 5.32 Å². The van der Waals surface area contributed by atoms with E-state index in [0.29, 0.717) is 12.0 Å². The Morgan fingerprint density at radius 2 is 2.24 bits per heavy atom. The van der Waals surface area contributed by atoms with Crippen LogP contribution in [-0.2, 0) is 4.79 Å². The summed E-state index contributed by atoms with van der Waals surface area (Å²) in [6.45, 7) is 3.51. The molecule has 0 spiro atoms. The van der Waals surface area contributed by atoms with E-state index in [1.165, 1.54) is 6.07 Å². The minimum Gasteiger partial charge on any atom is -0.396 e. The van der Waals surface area contributed by atoms with Gasteiger partial charge in [0, 0.05) is 13.0 Å². The van der Waals surface area contributed by atoms with Crippen molar-refractivity contribution in [3.05, 3.63) is 35.1 Å². The van der Waals surface area contributed by atoms with Crippen molar-refractivity contribution in [2.75, 3.05) is 6.61 Å². The predicted molar refractivity (Wildman–Crippen MR) is 64.0 cm³/mol. The van der Waals surface area contributed by atoms with Gasteiger partial charge in [0.15, 0.2) is 0 Å². The molecule has 1 atom stereocenters. The summed E-state index contributed by atoms with van der Waals surface area (Å²) < 4.78 is 13.3. The molecule has 0 aromatic heterocycles. The summed E-state index contributed by atoms with van der Waals surface area (Å²) in [7, 11) is 0. The molecule has 1 aromatic carbocycles. The zero-order valence-corrected chi connectivity index (χ0v) is 10.2. The molecule has 2 N–H and O–H groups in total. The standard InChI is InChI=1S/C13H18FNO2/c1-9-5-6-11(8-12(9)14)10(2)15-13(17)4-3-7-16/h5-6,8,10,16H,3-4,7H2,1-2H3,(H,15,17). The molecule has 0 aliphatic carbocycles. The first-order valence-corrected chi connectivity index (χ1v) is 5.71. The van der Waals surface area contributed by atoms with E-state index in [1.54, 1.807) is 26.0 Å². The molecule has 1 rings (SSSR count). The topological polar surface area (TPSA) is 49.3 Å². The highest BCUT2D eigenvalue weighted by Gasteiger charge is 2.10. The number of benzene rings is 1. The minimum absolute atomic E-state index is 0.000953. The van der Waals surface area contributed by atoms with Crippen molar-refractivity contribution in [1.82, 2.24) is 5.32 Å². The molecule has 1 unspecified atom stereocenters. The van der Waals surface area contributed by atoms with E-state index >= 15 is 0 Å². The van der Waals surface area contributed by atoms with Gasteiger partial charge in [0.25, 0.3) is 0 Å². The van der Waals surface area contributed by atoms with Crippen molar-refractivity contribution < 1.29 is 14.3 Å². The van der Waals surface area contributed by atoms with Gasteiger partial charge in [-0.3, -0.25) is 4.79 Å². The first-order valence-electron chi connectivity index (χ1n) is 5.71. The summed E-state index contributed by atoms with van der Waals surface area (Å²) in [5.74, 6) is -0.397. The Hall–Kier alpha value is -1.42. The Bertz CT molecular complexity index is 393. The quantitative estimate of drug-likeness (QED) is 0.826. The van der Waals surface area contributed by atoms with Crippen molar-refractivity contribution >= 4 is 5.91 Å². The summed E-state index contributed by atoms with van der Waals surface area (Å²) in [6.07, 6.45) is 0.732. The molecule has 17 heavy (non-hydrogen) atoms. The van der Waals surface area contributed by atoms with Gasteiger partial charge in [0.2, 0.25) is 5.91 Å². The number of hydrogen-bond acceptors (Lipinski definition) is 2. The molecule has 4 heteroatoms. The Morgan fingerprint density at radius 3 is 2.82 bits per heavy atom. The molecular weight excluding hydrogens is 221 g/mol. The summed E-state index contributed by atoms with van der Waals surface area (Å²) >= 11 is 0. The first-order chi connectivity index (χ1) is 8.04. The van der Waals surface area contributed by atoms with Gasteiger partial charge in [-0.1, -0.05) is 12.1 Å². The normalized spacial score (nSPS) is 12.2. The van der Waals surface area contributed by atoms with Gasteiger partial charge in [-0.2, -0.15) is 0 Å². The number of rotatable bonds is 5. The average Bonchev–Trinajstić information content (AvgIpc) is 2.30. The van der Waals surface area contributed by atoms with E-state index in [0.717, 1.165) is 5.56 Å². The number of aliphatic hydroxyl groups excluding tert-OH is 1. The van der Waals surface area contributed by atoms with Crippen LogP contribution in [0.2, 0.25) is 0 Å². The lowest BCUT2D eigenvalue weighted by Crippen LogP contribution is -2.26. The van der Waals surface area contributed by atoms with Crippen molar-refractivity contribution in [2.45, 2.75) is 32.7 Å². The average molecular weight is 239 g/mol. The van der Waals surface area contributed by atoms with Crippen LogP contribution in [0.3, 0.4) is 0 Å². The molecule has 0 saturated heterocycles. The SMILES string of the molecule is Cc1ccc(C(C)NC(=O)CCCO)cc1F. The number of halogens is 1. The molecular formula is C13H18FNO2. The fourth-order valence-corrected chi connectivity index (χ4v) is 1.52. The van der Waals surface area contributed by atoms with Gasteiger partial charge in [0.05, 0.1) is 6.04 Å².